The van der Waals surface area contributed by atoms with Crippen molar-refractivity contribution in [3.63, 3.8) is 0 Å². The summed E-state index contributed by atoms with van der Waals surface area (Å²) in [6.07, 6.45) is 0.794. The second-order valence-corrected chi connectivity index (χ2v) is 4.84. The van der Waals surface area contributed by atoms with Crippen LogP contribution in [0.25, 0.3) is 5.69 Å². The molecule has 0 fully saturated rings. The standard InChI is InChI=1S/C15H21N3O/c1-11(2)14-10-12(8-9-16)17-18(14)13-6-4-5-7-15(13)19-3/h4-7,10-11H,8-9,16H2,1-3H3. The Morgan fingerprint density at radius 2 is 2.05 bits per heavy atom. The molecule has 2 aromatic rings. The second kappa shape index (κ2) is 5.89. The smallest absolute Gasteiger partial charge is 0.144 e. The molecule has 0 saturated heterocycles. The Bertz CT molecular complexity index is 546. The molecule has 2 rings (SSSR count). The van der Waals surface area contributed by atoms with Gasteiger partial charge >= 0.3 is 0 Å². The van der Waals surface area contributed by atoms with Crippen molar-refractivity contribution < 1.29 is 4.74 Å². The number of para-hydroxylation sites is 2. The number of ether oxygens (including phenoxy) is 1. The fourth-order valence-corrected chi connectivity index (χ4v) is 2.13. The Morgan fingerprint density at radius 3 is 2.68 bits per heavy atom. The van der Waals surface area contributed by atoms with Gasteiger partial charge in [-0.1, -0.05) is 26.0 Å². The van der Waals surface area contributed by atoms with E-state index in [1.54, 1.807) is 7.11 Å². The maximum atomic E-state index is 5.62. The summed E-state index contributed by atoms with van der Waals surface area (Å²) in [6.45, 7) is 4.94. The molecule has 0 amide bonds. The van der Waals surface area contributed by atoms with Crippen molar-refractivity contribution in [2.45, 2.75) is 26.2 Å². The topological polar surface area (TPSA) is 53.1 Å². The lowest BCUT2D eigenvalue weighted by atomic mass is 10.1. The lowest BCUT2D eigenvalue weighted by Gasteiger charge is -2.13. The van der Waals surface area contributed by atoms with Crippen LogP contribution in [0.2, 0.25) is 0 Å². The van der Waals surface area contributed by atoms with Gasteiger partial charge in [0.1, 0.15) is 11.4 Å². The van der Waals surface area contributed by atoms with Crippen molar-refractivity contribution in [1.29, 1.82) is 0 Å². The Hall–Kier alpha value is -1.81. The van der Waals surface area contributed by atoms with E-state index in [0.717, 1.165) is 23.6 Å². The molecule has 0 aliphatic heterocycles. The Morgan fingerprint density at radius 1 is 1.32 bits per heavy atom. The molecule has 19 heavy (non-hydrogen) atoms. The van der Waals surface area contributed by atoms with Crippen molar-refractivity contribution in [1.82, 2.24) is 9.78 Å². The maximum absolute atomic E-state index is 5.62. The molecule has 4 nitrogen and oxygen atoms in total. The minimum absolute atomic E-state index is 0.393. The molecule has 0 bridgehead atoms. The van der Waals surface area contributed by atoms with Crippen LogP contribution in [-0.2, 0) is 6.42 Å². The molecule has 0 saturated carbocycles. The van der Waals surface area contributed by atoms with E-state index in [0.29, 0.717) is 12.5 Å². The second-order valence-electron chi connectivity index (χ2n) is 4.84. The highest BCUT2D eigenvalue weighted by atomic mass is 16.5. The summed E-state index contributed by atoms with van der Waals surface area (Å²) in [5, 5.41) is 4.66. The molecule has 102 valence electrons. The van der Waals surface area contributed by atoms with Crippen LogP contribution >= 0.6 is 0 Å². The molecule has 1 aromatic carbocycles. The first-order valence-electron chi connectivity index (χ1n) is 6.59. The minimum atomic E-state index is 0.393. The first-order valence-corrected chi connectivity index (χ1v) is 6.59. The maximum Gasteiger partial charge on any atom is 0.144 e. The van der Waals surface area contributed by atoms with Crippen molar-refractivity contribution in [3.05, 3.63) is 41.7 Å². The van der Waals surface area contributed by atoms with Gasteiger partial charge in [-0.05, 0) is 30.7 Å². The molecule has 0 spiro atoms. The molecule has 0 aliphatic rings. The molecule has 0 radical (unpaired) electrons. The Labute approximate surface area is 114 Å². The number of hydrogen-bond acceptors (Lipinski definition) is 3. The third-order valence-electron chi connectivity index (χ3n) is 3.09. The molecule has 1 aromatic heterocycles. The highest BCUT2D eigenvalue weighted by Gasteiger charge is 2.14. The summed E-state index contributed by atoms with van der Waals surface area (Å²) in [7, 11) is 1.68. The van der Waals surface area contributed by atoms with E-state index < -0.39 is 0 Å². The highest BCUT2D eigenvalue weighted by Crippen LogP contribution is 2.26. The van der Waals surface area contributed by atoms with E-state index >= 15 is 0 Å². The van der Waals surface area contributed by atoms with Crippen LogP contribution in [-0.4, -0.2) is 23.4 Å². The minimum Gasteiger partial charge on any atom is -0.494 e. The van der Waals surface area contributed by atoms with Gasteiger partial charge < -0.3 is 10.5 Å². The van der Waals surface area contributed by atoms with Crippen LogP contribution in [0.5, 0.6) is 5.75 Å². The summed E-state index contributed by atoms with van der Waals surface area (Å²) >= 11 is 0. The summed E-state index contributed by atoms with van der Waals surface area (Å²) in [4.78, 5) is 0. The van der Waals surface area contributed by atoms with Crippen LogP contribution < -0.4 is 10.5 Å². The lowest BCUT2D eigenvalue weighted by molar-refractivity contribution is 0.411. The Balaban J connectivity index is 2.53. The summed E-state index contributed by atoms with van der Waals surface area (Å²) in [6, 6.07) is 10.0. The number of methoxy groups -OCH3 is 1. The van der Waals surface area contributed by atoms with Crippen molar-refractivity contribution in [2.75, 3.05) is 13.7 Å². The highest BCUT2D eigenvalue weighted by molar-refractivity contribution is 5.47. The van der Waals surface area contributed by atoms with E-state index in [1.165, 1.54) is 5.69 Å². The molecular formula is C15H21N3O. The van der Waals surface area contributed by atoms with E-state index in [4.69, 9.17) is 10.5 Å². The molecule has 1 heterocycles. The predicted octanol–water partition coefficient (Wildman–Crippen LogP) is 2.51. The summed E-state index contributed by atoms with van der Waals surface area (Å²) in [5.74, 6) is 1.22. The average molecular weight is 259 g/mol. The van der Waals surface area contributed by atoms with Gasteiger partial charge in [-0.3, -0.25) is 0 Å². The monoisotopic (exact) mass is 259 g/mol. The van der Waals surface area contributed by atoms with E-state index in [1.807, 2.05) is 28.9 Å². The zero-order chi connectivity index (χ0) is 13.8. The number of hydrogen-bond donors (Lipinski definition) is 1. The van der Waals surface area contributed by atoms with Gasteiger partial charge in [-0.15, -0.1) is 0 Å². The number of rotatable bonds is 5. The van der Waals surface area contributed by atoms with Crippen LogP contribution in [0.15, 0.2) is 30.3 Å². The number of nitrogens with zero attached hydrogens (tertiary/aromatic N) is 2. The van der Waals surface area contributed by atoms with E-state index in [2.05, 4.69) is 25.0 Å². The first kappa shape index (κ1) is 13.6. The van der Waals surface area contributed by atoms with Crippen LogP contribution in [0.3, 0.4) is 0 Å². The van der Waals surface area contributed by atoms with Crippen molar-refractivity contribution in [3.8, 4) is 11.4 Å². The number of aromatic nitrogens is 2. The van der Waals surface area contributed by atoms with Crippen LogP contribution in [0, 0.1) is 0 Å². The van der Waals surface area contributed by atoms with E-state index in [-0.39, 0.29) is 0 Å². The van der Waals surface area contributed by atoms with Gasteiger partial charge in [-0.25, -0.2) is 4.68 Å². The zero-order valence-electron chi connectivity index (χ0n) is 11.8. The Kier molecular flexibility index (Phi) is 4.22. The van der Waals surface area contributed by atoms with Crippen LogP contribution in [0.1, 0.15) is 31.2 Å². The van der Waals surface area contributed by atoms with Gasteiger partial charge in [0.15, 0.2) is 0 Å². The first-order chi connectivity index (χ1) is 9.17. The number of nitrogens with two attached hydrogens (primary N) is 1. The summed E-state index contributed by atoms with van der Waals surface area (Å²) in [5.41, 5.74) is 8.79. The fraction of sp³-hybridized carbons (Fsp3) is 0.400. The van der Waals surface area contributed by atoms with Crippen LogP contribution in [0.4, 0.5) is 0 Å². The molecule has 4 heteroatoms. The largest absolute Gasteiger partial charge is 0.494 e. The van der Waals surface area contributed by atoms with Gasteiger partial charge in [0, 0.05) is 12.1 Å². The third kappa shape index (κ3) is 2.79. The molecule has 0 unspecified atom stereocenters. The SMILES string of the molecule is COc1ccccc1-n1nc(CCN)cc1C(C)C. The molecule has 2 N–H and O–H groups in total. The molecule has 0 aliphatic carbocycles. The van der Waals surface area contributed by atoms with Crippen molar-refractivity contribution in [2.24, 2.45) is 5.73 Å². The number of benzene rings is 1. The van der Waals surface area contributed by atoms with Gasteiger partial charge in [0.2, 0.25) is 0 Å². The lowest BCUT2D eigenvalue weighted by Crippen LogP contribution is -2.06. The molecule has 0 atom stereocenters. The van der Waals surface area contributed by atoms with Crippen molar-refractivity contribution >= 4 is 0 Å². The van der Waals surface area contributed by atoms with Gasteiger partial charge in [0.05, 0.1) is 12.8 Å². The predicted molar refractivity (Wildman–Crippen MR) is 77.0 cm³/mol. The summed E-state index contributed by atoms with van der Waals surface area (Å²) < 4.78 is 7.38. The average Bonchev–Trinajstić information content (AvgIpc) is 2.83. The zero-order valence-corrected chi connectivity index (χ0v) is 11.8. The fourth-order valence-electron chi connectivity index (χ4n) is 2.13. The third-order valence-corrected chi connectivity index (χ3v) is 3.09. The van der Waals surface area contributed by atoms with Gasteiger partial charge in [-0.2, -0.15) is 5.10 Å². The molecular weight excluding hydrogens is 238 g/mol. The van der Waals surface area contributed by atoms with Gasteiger partial charge in [0.25, 0.3) is 0 Å². The van der Waals surface area contributed by atoms with E-state index in [9.17, 15) is 0 Å². The normalized spacial score (nSPS) is 11.0. The quantitative estimate of drug-likeness (QED) is 0.897.